The average molecular weight is 205 g/mol. The molecule has 0 aromatic carbocycles. The molecule has 3 rings (SSSR count). The summed E-state index contributed by atoms with van der Waals surface area (Å²) < 4.78 is 0. The van der Waals surface area contributed by atoms with Crippen molar-refractivity contribution in [1.29, 1.82) is 0 Å². The van der Waals surface area contributed by atoms with Crippen molar-refractivity contribution in [2.75, 3.05) is 6.54 Å². The van der Waals surface area contributed by atoms with Crippen molar-refractivity contribution >= 4 is 18.2 Å². The summed E-state index contributed by atoms with van der Waals surface area (Å²) >= 11 is 0. The summed E-state index contributed by atoms with van der Waals surface area (Å²) in [6, 6.07) is -0.377. The van der Waals surface area contributed by atoms with E-state index in [9.17, 15) is 4.79 Å². The van der Waals surface area contributed by atoms with E-state index >= 15 is 0 Å². The van der Waals surface area contributed by atoms with Crippen molar-refractivity contribution in [2.45, 2.75) is 19.1 Å². The van der Waals surface area contributed by atoms with E-state index in [4.69, 9.17) is 0 Å². The molecular weight excluding hydrogens is 194 g/mol. The van der Waals surface area contributed by atoms with Crippen LogP contribution in [0.5, 0.6) is 0 Å². The molecule has 3 aliphatic rings. The van der Waals surface area contributed by atoms with Crippen LogP contribution in [0, 0.1) is 0 Å². The SMILES string of the molecule is CCN1C=NC2C(=O)N3C=CNC3=NC21. The number of nitrogens with one attached hydrogen (secondary N) is 1. The minimum atomic E-state index is -0.377. The number of guanidine groups is 1. The number of carbonyl (C=O) groups is 1. The van der Waals surface area contributed by atoms with Gasteiger partial charge in [-0.1, -0.05) is 0 Å². The van der Waals surface area contributed by atoms with Crippen LogP contribution in [-0.4, -0.2) is 46.8 Å². The van der Waals surface area contributed by atoms with E-state index in [2.05, 4.69) is 15.3 Å². The maximum Gasteiger partial charge on any atom is 0.262 e. The van der Waals surface area contributed by atoms with Gasteiger partial charge in [0.1, 0.15) is 0 Å². The molecule has 78 valence electrons. The van der Waals surface area contributed by atoms with Gasteiger partial charge < -0.3 is 10.2 Å². The van der Waals surface area contributed by atoms with Crippen LogP contribution in [0.15, 0.2) is 22.4 Å². The summed E-state index contributed by atoms with van der Waals surface area (Å²) in [5.74, 6) is 0.587. The first-order valence-electron chi connectivity index (χ1n) is 4.94. The van der Waals surface area contributed by atoms with Gasteiger partial charge in [-0.25, -0.2) is 4.99 Å². The number of amides is 1. The highest BCUT2D eigenvalue weighted by atomic mass is 16.2. The number of hydrogen-bond donors (Lipinski definition) is 1. The molecule has 2 unspecified atom stereocenters. The Kier molecular flexibility index (Phi) is 1.59. The van der Waals surface area contributed by atoms with E-state index in [0.29, 0.717) is 5.96 Å². The highest BCUT2D eigenvalue weighted by Crippen LogP contribution is 2.23. The second-order valence-electron chi connectivity index (χ2n) is 3.57. The first kappa shape index (κ1) is 8.46. The van der Waals surface area contributed by atoms with Gasteiger partial charge in [0.05, 0.1) is 6.34 Å². The van der Waals surface area contributed by atoms with E-state index in [-0.39, 0.29) is 18.1 Å². The average Bonchev–Trinajstić information content (AvgIpc) is 2.83. The Morgan fingerprint density at radius 1 is 1.60 bits per heavy atom. The fourth-order valence-corrected chi connectivity index (χ4v) is 1.96. The minimum Gasteiger partial charge on any atom is -0.339 e. The Labute approximate surface area is 87.0 Å². The molecule has 1 amide bonds. The maximum absolute atomic E-state index is 12.0. The van der Waals surface area contributed by atoms with Crippen molar-refractivity contribution in [3.05, 3.63) is 12.4 Å². The van der Waals surface area contributed by atoms with Crippen LogP contribution in [0.2, 0.25) is 0 Å². The fraction of sp³-hybridized carbons (Fsp3) is 0.444. The molecule has 0 spiro atoms. The second-order valence-corrected chi connectivity index (χ2v) is 3.57. The van der Waals surface area contributed by atoms with Crippen LogP contribution in [-0.2, 0) is 4.79 Å². The molecule has 6 nitrogen and oxygen atoms in total. The molecule has 0 saturated carbocycles. The zero-order valence-electron chi connectivity index (χ0n) is 8.29. The third-order valence-electron chi connectivity index (χ3n) is 2.77. The van der Waals surface area contributed by atoms with Crippen molar-refractivity contribution in [3.8, 4) is 0 Å². The topological polar surface area (TPSA) is 60.3 Å². The van der Waals surface area contributed by atoms with Crippen molar-refractivity contribution in [1.82, 2.24) is 15.1 Å². The summed E-state index contributed by atoms with van der Waals surface area (Å²) in [5, 5.41) is 2.94. The van der Waals surface area contributed by atoms with Crippen molar-refractivity contribution < 1.29 is 4.79 Å². The first-order valence-corrected chi connectivity index (χ1v) is 4.94. The van der Waals surface area contributed by atoms with Crippen LogP contribution in [0.4, 0.5) is 0 Å². The summed E-state index contributed by atoms with van der Waals surface area (Å²) in [4.78, 5) is 24.1. The summed E-state index contributed by atoms with van der Waals surface area (Å²) in [6.07, 6.45) is 4.93. The quantitative estimate of drug-likeness (QED) is 0.617. The van der Waals surface area contributed by atoms with Gasteiger partial charge in [0.2, 0.25) is 5.96 Å². The molecule has 0 aliphatic carbocycles. The number of aliphatic imine (C=N–C) groups is 2. The highest BCUT2D eigenvalue weighted by molar-refractivity contribution is 6.05. The Balaban J connectivity index is 1.99. The monoisotopic (exact) mass is 205 g/mol. The third kappa shape index (κ3) is 1.01. The third-order valence-corrected chi connectivity index (χ3v) is 2.77. The molecule has 0 saturated heterocycles. The fourth-order valence-electron chi connectivity index (χ4n) is 1.96. The largest absolute Gasteiger partial charge is 0.339 e. The number of rotatable bonds is 1. The molecule has 0 aromatic heterocycles. The van der Waals surface area contributed by atoms with Gasteiger partial charge in [-0.3, -0.25) is 14.7 Å². The number of hydrogen-bond acceptors (Lipinski definition) is 5. The van der Waals surface area contributed by atoms with Gasteiger partial charge in [0.25, 0.3) is 5.91 Å². The van der Waals surface area contributed by atoms with Crippen molar-refractivity contribution in [2.24, 2.45) is 9.98 Å². The van der Waals surface area contributed by atoms with E-state index in [1.807, 2.05) is 11.8 Å². The van der Waals surface area contributed by atoms with Gasteiger partial charge in [-0.05, 0) is 6.92 Å². The van der Waals surface area contributed by atoms with Crippen LogP contribution >= 0.6 is 0 Å². The Bertz CT molecular complexity index is 399. The molecule has 0 radical (unpaired) electrons. The predicted octanol–water partition coefficient (Wildman–Crippen LogP) is -0.683. The Morgan fingerprint density at radius 2 is 2.47 bits per heavy atom. The lowest BCUT2D eigenvalue weighted by Gasteiger charge is -2.30. The molecule has 6 heteroatoms. The van der Waals surface area contributed by atoms with Crippen LogP contribution in [0.3, 0.4) is 0 Å². The molecule has 1 N–H and O–H groups in total. The smallest absolute Gasteiger partial charge is 0.262 e. The van der Waals surface area contributed by atoms with Crippen molar-refractivity contribution in [3.63, 3.8) is 0 Å². The zero-order valence-corrected chi connectivity index (χ0v) is 8.29. The van der Waals surface area contributed by atoms with Crippen LogP contribution in [0.1, 0.15) is 6.92 Å². The first-order chi connectivity index (χ1) is 7.31. The summed E-state index contributed by atoms with van der Waals surface area (Å²) in [5.41, 5.74) is 0. The number of likely N-dealkylation sites (N-methyl/N-ethyl adjacent to an activating group) is 1. The van der Waals surface area contributed by atoms with E-state index in [0.717, 1.165) is 6.54 Å². The second kappa shape index (κ2) is 2.82. The molecule has 0 aromatic rings. The van der Waals surface area contributed by atoms with E-state index < -0.39 is 0 Å². The van der Waals surface area contributed by atoms with E-state index in [1.165, 1.54) is 4.90 Å². The lowest BCUT2D eigenvalue weighted by Crippen LogP contribution is -2.52. The highest BCUT2D eigenvalue weighted by Gasteiger charge is 2.43. The zero-order chi connectivity index (χ0) is 10.4. The van der Waals surface area contributed by atoms with Gasteiger partial charge in [-0.2, -0.15) is 0 Å². The normalized spacial score (nSPS) is 31.5. The van der Waals surface area contributed by atoms with Gasteiger partial charge in [0.15, 0.2) is 12.2 Å². The van der Waals surface area contributed by atoms with Crippen LogP contribution in [0.25, 0.3) is 0 Å². The molecule has 0 fully saturated rings. The van der Waals surface area contributed by atoms with Crippen LogP contribution < -0.4 is 5.32 Å². The Morgan fingerprint density at radius 3 is 3.27 bits per heavy atom. The lowest BCUT2D eigenvalue weighted by molar-refractivity contribution is -0.128. The minimum absolute atomic E-state index is 0.0153. The maximum atomic E-state index is 12.0. The van der Waals surface area contributed by atoms with Gasteiger partial charge >= 0.3 is 0 Å². The number of fused-ring (bicyclic) bond motifs is 2. The molecule has 3 aliphatic heterocycles. The van der Waals surface area contributed by atoms with Gasteiger partial charge in [-0.15, -0.1) is 0 Å². The predicted molar refractivity (Wildman–Crippen MR) is 55.0 cm³/mol. The molecule has 3 heterocycles. The number of carbonyl (C=O) groups excluding carboxylic acids is 1. The standard InChI is InChI=1S/C9H11N5O/c1-2-13-5-11-6-7(13)12-9-10-3-4-14(9)8(6)15/h3-7H,2H2,1H3,(H,10,12). The number of nitrogens with zero attached hydrogens (tertiary/aromatic N) is 4. The molecule has 2 atom stereocenters. The lowest BCUT2D eigenvalue weighted by atomic mass is 10.2. The summed E-state index contributed by atoms with van der Waals surface area (Å²) in [7, 11) is 0. The molecule has 0 bridgehead atoms. The molecular formula is C9H11N5O. The summed E-state index contributed by atoms with van der Waals surface area (Å²) in [6.45, 7) is 2.83. The van der Waals surface area contributed by atoms with E-state index in [1.54, 1.807) is 18.7 Å². The van der Waals surface area contributed by atoms with Gasteiger partial charge in [0, 0.05) is 18.9 Å². The Hall–Kier alpha value is -1.85. The molecule has 15 heavy (non-hydrogen) atoms.